The van der Waals surface area contributed by atoms with Crippen LogP contribution in [0, 0.1) is 5.41 Å². The van der Waals surface area contributed by atoms with Crippen molar-refractivity contribution in [2.24, 2.45) is 5.41 Å². The lowest BCUT2D eigenvalue weighted by molar-refractivity contribution is -0.130. The van der Waals surface area contributed by atoms with Gasteiger partial charge in [0.25, 0.3) is 0 Å². The molecule has 2 aliphatic carbocycles. The van der Waals surface area contributed by atoms with Crippen molar-refractivity contribution in [2.45, 2.75) is 51.3 Å². The highest BCUT2D eigenvalue weighted by atomic mass is 16.1. The molecule has 2 saturated carbocycles. The maximum Gasteiger partial charge on any atom is 0.139 e. The van der Waals surface area contributed by atoms with E-state index >= 15 is 0 Å². The van der Waals surface area contributed by atoms with Crippen LogP contribution in [0.15, 0.2) is 0 Å². The van der Waals surface area contributed by atoms with Gasteiger partial charge in [0.1, 0.15) is 5.78 Å². The predicted octanol–water partition coefficient (Wildman–Crippen LogP) is 2.69. The van der Waals surface area contributed by atoms with Gasteiger partial charge in [-0.05, 0) is 25.7 Å². The van der Waals surface area contributed by atoms with Gasteiger partial charge < -0.3 is 0 Å². The summed E-state index contributed by atoms with van der Waals surface area (Å²) in [4.78, 5) is 11.8. The zero-order chi connectivity index (χ0) is 8.60. The summed E-state index contributed by atoms with van der Waals surface area (Å²) < 4.78 is 7.62. The van der Waals surface area contributed by atoms with E-state index in [9.17, 15) is 4.79 Å². The fraction of sp³-hybridized carbons (Fsp3) is 0.900. The van der Waals surface area contributed by atoms with E-state index in [0.717, 1.165) is 32.1 Å². The number of carbonyl (C=O) groups excluding carboxylic acids is 1. The predicted molar refractivity (Wildman–Crippen MR) is 44.4 cm³/mol. The van der Waals surface area contributed by atoms with Gasteiger partial charge in [-0.2, -0.15) is 0 Å². The van der Waals surface area contributed by atoms with E-state index in [2.05, 4.69) is 0 Å². The molecule has 0 radical (unpaired) electrons. The van der Waals surface area contributed by atoms with Gasteiger partial charge in [0.15, 0.2) is 0 Å². The Bertz CT molecular complexity index is 194. The minimum absolute atomic E-state index is 0.0231. The third-order valence-electron chi connectivity index (χ3n) is 3.27. The van der Waals surface area contributed by atoms with Gasteiger partial charge in [-0.3, -0.25) is 4.79 Å². The second kappa shape index (κ2) is 2.62. The van der Waals surface area contributed by atoms with Crippen LogP contribution in [0.4, 0.5) is 0 Å². The van der Waals surface area contributed by atoms with Crippen LogP contribution in [0.25, 0.3) is 0 Å². The quantitative estimate of drug-likeness (QED) is 0.523. The van der Waals surface area contributed by atoms with E-state index < -0.39 is 6.40 Å². The van der Waals surface area contributed by atoms with Crippen LogP contribution < -0.4 is 0 Å². The fourth-order valence-electron chi connectivity index (χ4n) is 2.56. The van der Waals surface area contributed by atoms with Crippen molar-refractivity contribution in [1.82, 2.24) is 0 Å². The first kappa shape index (κ1) is 6.22. The molecule has 0 aliphatic heterocycles. The topological polar surface area (TPSA) is 17.1 Å². The monoisotopic (exact) mass is 153 g/mol. The van der Waals surface area contributed by atoms with Crippen molar-refractivity contribution >= 4 is 5.78 Å². The molecule has 2 rings (SSSR count). The summed E-state index contributed by atoms with van der Waals surface area (Å²) in [6, 6.07) is 0. The van der Waals surface area contributed by atoms with Crippen molar-refractivity contribution in [3.05, 3.63) is 0 Å². The molecular formula is C10H16O. The Balaban J connectivity index is 2.17. The summed E-state index contributed by atoms with van der Waals surface area (Å²) in [7, 11) is 0. The lowest BCUT2D eigenvalue weighted by Gasteiger charge is -2.31. The van der Waals surface area contributed by atoms with Crippen molar-refractivity contribution in [1.29, 1.82) is 0 Å². The zero-order valence-corrected chi connectivity index (χ0v) is 6.94. The Kier molecular flexibility index (Phi) is 1.48. The minimum atomic E-state index is -0.392. The lowest BCUT2D eigenvalue weighted by atomic mass is 9.72. The maximum absolute atomic E-state index is 11.8. The second-order valence-corrected chi connectivity index (χ2v) is 3.95. The summed E-state index contributed by atoms with van der Waals surface area (Å²) in [6.45, 7) is 0. The summed E-state index contributed by atoms with van der Waals surface area (Å²) >= 11 is 0. The van der Waals surface area contributed by atoms with Gasteiger partial charge in [0.05, 0.1) is 0 Å². The maximum atomic E-state index is 11.8. The largest absolute Gasteiger partial charge is 0.299 e. The molecule has 0 saturated heterocycles. The Hall–Kier alpha value is -0.330. The summed E-state index contributed by atoms with van der Waals surface area (Å²) in [5, 5.41) is 0. The second-order valence-electron chi connectivity index (χ2n) is 3.95. The number of hydrogen-bond donors (Lipinski definition) is 0. The van der Waals surface area contributed by atoms with Crippen molar-refractivity contribution in [3.63, 3.8) is 0 Å². The molecule has 0 amide bonds. The van der Waals surface area contributed by atoms with Crippen molar-refractivity contribution < 1.29 is 6.17 Å². The van der Waals surface area contributed by atoms with Crippen LogP contribution in [-0.2, 0) is 4.79 Å². The van der Waals surface area contributed by atoms with Crippen LogP contribution in [0.5, 0.6) is 0 Å². The highest BCUT2D eigenvalue weighted by Gasteiger charge is 2.41. The normalized spacial score (nSPS) is 37.6. The molecule has 0 bridgehead atoms. The van der Waals surface area contributed by atoms with Gasteiger partial charge >= 0.3 is 0 Å². The molecule has 0 heterocycles. The van der Waals surface area contributed by atoms with Gasteiger partial charge in [-0.25, -0.2) is 0 Å². The molecule has 1 atom stereocenters. The lowest BCUT2D eigenvalue weighted by Crippen LogP contribution is -2.30. The van der Waals surface area contributed by atoms with E-state index in [1.54, 1.807) is 0 Å². The molecule has 2 aliphatic rings. The van der Waals surface area contributed by atoms with Gasteiger partial charge in [-0.1, -0.05) is 19.3 Å². The SMILES string of the molecule is [2H]C1CCCC2(CCCC2)C1=O. The molecular weight excluding hydrogens is 136 g/mol. The molecule has 0 N–H and O–H groups in total. The average Bonchev–Trinajstić information content (AvgIpc) is 2.50. The molecule has 1 unspecified atom stereocenters. The highest BCUT2D eigenvalue weighted by molar-refractivity contribution is 5.85. The molecule has 62 valence electrons. The Morgan fingerprint density at radius 2 is 1.64 bits per heavy atom. The molecule has 1 spiro atoms. The number of carbonyl (C=O) groups is 1. The molecule has 1 heteroatoms. The zero-order valence-electron chi connectivity index (χ0n) is 7.94. The molecule has 0 aromatic rings. The van der Waals surface area contributed by atoms with Gasteiger partial charge in [0.2, 0.25) is 0 Å². The molecule has 0 aromatic carbocycles. The van der Waals surface area contributed by atoms with E-state index in [0.29, 0.717) is 0 Å². The number of hydrogen-bond acceptors (Lipinski definition) is 1. The fourth-order valence-corrected chi connectivity index (χ4v) is 2.56. The third-order valence-corrected chi connectivity index (χ3v) is 3.27. The highest BCUT2D eigenvalue weighted by Crippen LogP contribution is 2.46. The summed E-state index contributed by atoms with van der Waals surface area (Å²) in [5.74, 6) is 0.256. The first-order valence-electron chi connectivity index (χ1n) is 5.29. The van der Waals surface area contributed by atoms with Crippen LogP contribution in [-0.4, -0.2) is 5.78 Å². The van der Waals surface area contributed by atoms with Crippen LogP contribution in [0.3, 0.4) is 0 Å². The first-order valence-corrected chi connectivity index (χ1v) is 4.71. The van der Waals surface area contributed by atoms with E-state index in [-0.39, 0.29) is 11.2 Å². The number of rotatable bonds is 0. The van der Waals surface area contributed by atoms with Gasteiger partial charge in [0, 0.05) is 13.2 Å². The van der Waals surface area contributed by atoms with Crippen LogP contribution in [0.1, 0.15) is 52.7 Å². The van der Waals surface area contributed by atoms with Crippen molar-refractivity contribution in [3.8, 4) is 0 Å². The third kappa shape index (κ3) is 1.11. The number of Topliss-reactive ketones (excluding diaryl/α,β-unsaturated/α-hetero) is 1. The van der Waals surface area contributed by atoms with E-state index in [1.807, 2.05) is 0 Å². The molecule has 1 nitrogen and oxygen atoms in total. The molecule has 2 fully saturated rings. The Morgan fingerprint density at radius 1 is 1.09 bits per heavy atom. The Morgan fingerprint density at radius 3 is 2.27 bits per heavy atom. The smallest absolute Gasteiger partial charge is 0.139 e. The van der Waals surface area contributed by atoms with Crippen LogP contribution in [0.2, 0.25) is 0 Å². The molecule has 0 aromatic heterocycles. The standard InChI is InChI=1S/C10H16O/c11-9-5-1-2-6-10(9)7-3-4-8-10/h1-8H2/i5D. The van der Waals surface area contributed by atoms with E-state index in [1.165, 1.54) is 12.8 Å². The average molecular weight is 153 g/mol. The first-order chi connectivity index (χ1) is 5.75. The van der Waals surface area contributed by atoms with Gasteiger partial charge in [-0.15, -0.1) is 0 Å². The summed E-state index contributed by atoms with van der Waals surface area (Å²) in [6.07, 6.45) is 7.14. The number of ketones is 1. The van der Waals surface area contributed by atoms with Crippen LogP contribution >= 0.6 is 0 Å². The summed E-state index contributed by atoms with van der Waals surface area (Å²) in [5.41, 5.74) is -0.0231. The van der Waals surface area contributed by atoms with E-state index in [4.69, 9.17) is 1.37 Å². The molecule has 11 heavy (non-hydrogen) atoms. The minimum Gasteiger partial charge on any atom is -0.299 e. The van der Waals surface area contributed by atoms with Crippen molar-refractivity contribution in [2.75, 3.05) is 0 Å². The Labute approximate surface area is 69.6 Å².